The highest BCUT2D eigenvalue weighted by atomic mass is 35.5. The predicted octanol–water partition coefficient (Wildman–Crippen LogP) is 3.27. The molecule has 0 aromatic heterocycles. The Labute approximate surface area is 179 Å². The molecule has 0 spiro atoms. The van der Waals surface area contributed by atoms with Crippen molar-refractivity contribution in [3.63, 3.8) is 0 Å². The third-order valence-electron chi connectivity index (χ3n) is 4.59. The lowest BCUT2D eigenvalue weighted by atomic mass is 9.82. The molecule has 0 saturated carbocycles. The van der Waals surface area contributed by atoms with E-state index in [0.717, 1.165) is 21.1 Å². The molecular weight excluding hydrogens is 410 g/mol. The number of amides is 3. The molecule has 152 valence electrons. The number of quaternary nitrogens is 1. The minimum atomic E-state index is -1.48. The highest BCUT2D eigenvalue weighted by molar-refractivity contribution is 8.13. The molecule has 0 aliphatic carbocycles. The molecule has 1 fully saturated rings. The van der Waals surface area contributed by atoms with Gasteiger partial charge in [0.15, 0.2) is 5.54 Å². The third kappa shape index (κ3) is 4.03. The number of benzene rings is 2. The average molecular weight is 433 g/mol. The molecule has 8 heteroatoms. The van der Waals surface area contributed by atoms with Crippen molar-refractivity contribution >= 4 is 40.6 Å². The summed E-state index contributed by atoms with van der Waals surface area (Å²) in [5, 5.41) is -0.101. The molecule has 0 N–H and O–H groups in total. The SMILES string of the molecule is C[N+](C)(C)CC(=O)SCN1C(=O)N(Cl)C(c2ccccc2)(c2ccccc2)C1=O. The van der Waals surface area contributed by atoms with Crippen molar-refractivity contribution in [2.24, 2.45) is 0 Å². The van der Waals surface area contributed by atoms with Crippen LogP contribution in [0.25, 0.3) is 0 Å². The molecule has 2 aromatic rings. The summed E-state index contributed by atoms with van der Waals surface area (Å²) in [7, 11) is 5.71. The van der Waals surface area contributed by atoms with E-state index in [4.69, 9.17) is 11.8 Å². The highest BCUT2D eigenvalue weighted by Gasteiger charge is 2.59. The Morgan fingerprint density at radius 3 is 1.90 bits per heavy atom. The number of thioether (sulfide) groups is 1. The van der Waals surface area contributed by atoms with Crippen LogP contribution in [0.1, 0.15) is 11.1 Å². The van der Waals surface area contributed by atoms with E-state index >= 15 is 0 Å². The van der Waals surface area contributed by atoms with Gasteiger partial charge in [0.2, 0.25) is 5.12 Å². The van der Waals surface area contributed by atoms with Crippen LogP contribution in [0.2, 0.25) is 0 Å². The number of urea groups is 1. The summed E-state index contributed by atoms with van der Waals surface area (Å²) in [6.07, 6.45) is 0. The first kappa shape index (κ1) is 21.4. The normalized spacial score (nSPS) is 16.4. The topological polar surface area (TPSA) is 57.7 Å². The van der Waals surface area contributed by atoms with Crippen LogP contribution in [0.5, 0.6) is 0 Å². The predicted molar refractivity (Wildman–Crippen MR) is 114 cm³/mol. The summed E-state index contributed by atoms with van der Waals surface area (Å²) >= 11 is 7.44. The molecule has 0 unspecified atom stereocenters. The molecule has 1 saturated heterocycles. The van der Waals surface area contributed by atoms with Crippen LogP contribution < -0.4 is 0 Å². The first-order valence-electron chi connectivity index (χ1n) is 9.07. The van der Waals surface area contributed by atoms with Gasteiger partial charge in [-0.1, -0.05) is 72.4 Å². The van der Waals surface area contributed by atoms with E-state index in [2.05, 4.69) is 0 Å². The number of hydrogen-bond donors (Lipinski definition) is 0. The largest absolute Gasteiger partial charge is 0.343 e. The molecule has 0 bridgehead atoms. The van der Waals surface area contributed by atoms with E-state index in [-0.39, 0.29) is 17.5 Å². The number of likely N-dealkylation sites (N-methyl/N-ethyl adjacent to an activating group) is 1. The van der Waals surface area contributed by atoms with E-state index in [0.29, 0.717) is 15.6 Å². The lowest BCUT2D eigenvalue weighted by molar-refractivity contribution is -0.861. The quantitative estimate of drug-likeness (QED) is 0.399. The Balaban J connectivity index is 1.98. The first-order chi connectivity index (χ1) is 13.7. The number of rotatable bonds is 6. The number of imide groups is 1. The maximum atomic E-state index is 13.6. The first-order valence-corrected chi connectivity index (χ1v) is 10.4. The van der Waals surface area contributed by atoms with Crippen molar-refractivity contribution in [2.75, 3.05) is 33.6 Å². The monoisotopic (exact) mass is 432 g/mol. The van der Waals surface area contributed by atoms with Gasteiger partial charge < -0.3 is 4.48 Å². The summed E-state index contributed by atoms with van der Waals surface area (Å²) in [6, 6.07) is 17.3. The summed E-state index contributed by atoms with van der Waals surface area (Å²) < 4.78 is 1.41. The van der Waals surface area contributed by atoms with Gasteiger partial charge in [0.1, 0.15) is 6.54 Å². The summed E-state index contributed by atoms with van der Waals surface area (Å²) in [6.45, 7) is 0.286. The Kier molecular flexibility index (Phi) is 6.03. The van der Waals surface area contributed by atoms with E-state index in [1.165, 1.54) is 0 Å². The second kappa shape index (κ2) is 8.18. The van der Waals surface area contributed by atoms with Gasteiger partial charge in [-0.05, 0) is 11.1 Å². The number of nitrogens with zero attached hydrogens (tertiary/aromatic N) is 3. The van der Waals surface area contributed by atoms with E-state index in [1.807, 2.05) is 33.3 Å². The minimum absolute atomic E-state index is 0.0822. The summed E-state index contributed by atoms with van der Waals surface area (Å²) in [4.78, 5) is 39.9. The highest BCUT2D eigenvalue weighted by Crippen LogP contribution is 2.44. The number of carbonyl (C=O) groups is 3. The van der Waals surface area contributed by atoms with Crippen molar-refractivity contribution in [2.45, 2.75) is 5.54 Å². The van der Waals surface area contributed by atoms with Crippen LogP contribution >= 0.6 is 23.5 Å². The van der Waals surface area contributed by atoms with Gasteiger partial charge in [-0.15, -0.1) is 0 Å². The van der Waals surface area contributed by atoms with Crippen molar-refractivity contribution in [1.82, 2.24) is 9.32 Å². The van der Waals surface area contributed by atoms with E-state index in [9.17, 15) is 14.4 Å². The number of carbonyl (C=O) groups excluding carboxylic acids is 3. The molecular formula is C21H23ClN3O3S+. The number of halogens is 1. The molecule has 2 aromatic carbocycles. The molecule has 1 aliphatic rings. The van der Waals surface area contributed by atoms with Crippen molar-refractivity contribution in [1.29, 1.82) is 0 Å². The van der Waals surface area contributed by atoms with Crippen LogP contribution in [-0.2, 0) is 15.1 Å². The zero-order valence-electron chi connectivity index (χ0n) is 16.5. The maximum Gasteiger partial charge on any atom is 0.343 e. The lowest BCUT2D eigenvalue weighted by Gasteiger charge is -2.31. The molecule has 3 rings (SSSR count). The van der Waals surface area contributed by atoms with Crippen LogP contribution in [0.4, 0.5) is 4.79 Å². The van der Waals surface area contributed by atoms with Gasteiger partial charge in [0.25, 0.3) is 5.91 Å². The Hall–Kier alpha value is -2.35. The Morgan fingerprint density at radius 1 is 0.966 bits per heavy atom. The Bertz CT molecular complexity index is 876. The third-order valence-corrected chi connectivity index (χ3v) is 5.83. The van der Waals surface area contributed by atoms with Gasteiger partial charge in [-0.2, -0.15) is 0 Å². The van der Waals surface area contributed by atoms with Gasteiger partial charge >= 0.3 is 6.03 Å². The molecule has 0 radical (unpaired) electrons. The molecule has 0 atom stereocenters. The second-order valence-electron chi connectivity index (χ2n) is 7.83. The lowest BCUT2D eigenvalue weighted by Crippen LogP contribution is -2.44. The molecule has 3 amide bonds. The smallest absolute Gasteiger partial charge is 0.324 e. The zero-order valence-corrected chi connectivity index (χ0v) is 18.1. The standard InChI is InChI=1S/C21H23ClN3O3S/c1-25(2,3)14-18(26)29-15-23-19(27)21(24(22)20(23)28,16-10-6-4-7-11-16)17-12-8-5-9-13-17/h4-13H,14-15H2,1-3H3/q+1. The van der Waals surface area contributed by atoms with Crippen LogP contribution in [0, 0.1) is 0 Å². The van der Waals surface area contributed by atoms with Crippen molar-refractivity contribution < 1.29 is 18.9 Å². The van der Waals surface area contributed by atoms with Crippen LogP contribution in [0.3, 0.4) is 0 Å². The van der Waals surface area contributed by atoms with Gasteiger partial charge in [-0.25, -0.2) is 9.21 Å². The molecule has 1 heterocycles. The molecule has 6 nitrogen and oxygen atoms in total. The molecule has 1 aliphatic heterocycles. The Morgan fingerprint density at radius 2 is 1.45 bits per heavy atom. The average Bonchev–Trinajstić information content (AvgIpc) is 2.87. The van der Waals surface area contributed by atoms with E-state index in [1.54, 1.807) is 48.5 Å². The minimum Gasteiger partial charge on any atom is -0.324 e. The van der Waals surface area contributed by atoms with Gasteiger partial charge in [-0.3, -0.25) is 14.5 Å². The van der Waals surface area contributed by atoms with Crippen LogP contribution in [-0.4, -0.2) is 64.4 Å². The second-order valence-corrected chi connectivity index (χ2v) is 9.17. The van der Waals surface area contributed by atoms with Crippen molar-refractivity contribution in [3.05, 3.63) is 71.8 Å². The fourth-order valence-electron chi connectivity index (χ4n) is 3.30. The molecule has 29 heavy (non-hydrogen) atoms. The van der Waals surface area contributed by atoms with Gasteiger partial charge in [0.05, 0.1) is 27.0 Å². The fraction of sp³-hybridized carbons (Fsp3) is 0.286. The van der Waals surface area contributed by atoms with Crippen LogP contribution in [0.15, 0.2) is 60.7 Å². The fourth-order valence-corrected chi connectivity index (χ4v) is 4.64. The number of hydrogen-bond acceptors (Lipinski definition) is 4. The van der Waals surface area contributed by atoms with Crippen molar-refractivity contribution in [3.8, 4) is 0 Å². The zero-order chi connectivity index (χ0) is 21.2. The van der Waals surface area contributed by atoms with E-state index < -0.39 is 17.5 Å². The van der Waals surface area contributed by atoms with Gasteiger partial charge in [0, 0.05) is 11.8 Å². The summed E-state index contributed by atoms with van der Waals surface area (Å²) in [5.74, 6) is -0.554. The maximum absolute atomic E-state index is 13.6. The summed E-state index contributed by atoms with van der Waals surface area (Å²) in [5.41, 5.74) is -0.306.